The number of nitrogens with two attached hydrogens (primary N) is 1. The Bertz CT molecular complexity index is 690. The van der Waals surface area contributed by atoms with Gasteiger partial charge in [0.05, 0.1) is 24.6 Å². The molecule has 0 spiro atoms. The second-order valence-corrected chi connectivity index (χ2v) is 6.82. The third kappa shape index (κ3) is 2.43. The number of carboxylic acid groups (broad SMARTS) is 1. The zero-order chi connectivity index (χ0) is 15.9. The maximum absolute atomic E-state index is 12.7. The van der Waals surface area contributed by atoms with Crippen molar-refractivity contribution in [3.8, 4) is 0 Å². The molecule has 0 aromatic rings. The van der Waals surface area contributed by atoms with E-state index in [2.05, 4.69) is 4.99 Å². The lowest BCUT2D eigenvalue weighted by atomic mass is 10.0. The molecule has 3 rings (SSSR count). The van der Waals surface area contributed by atoms with Gasteiger partial charge in [0.2, 0.25) is 0 Å². The molecule has 22 heavy (non-hydrogen) atoms. The molecule has 2 aliphatic heterocycles. The van der Waals surface area contributed by atoms with Crippen LogP contribution in [0.1, 0.15) is 6.42 Å². The number of hydrogen-bond acceptors (Lipinski definition) is 6. The monoisotopic (exact) mass is 328 g/mol. The molecule has 0 aromatic carbocycles. The van der Waals surface area contributed by atoms with E-state index in [0.29, 0.717) is 18.9 Å². The summed E-state index contributed by atoms with van der Waals surface area (Å²) in [5.74, 6) is -1.05. The largest absolute Gasteiger partial charge is 0.478 e. The summed E-state index contributed by atoms with van der Waals surface area (Å²) in [6.07, 6.45) is 1.95. The Hall–Kier alpha value is -1.75. The first-order valence-corrected chi connectivity index (χ1v) is 8.16. The highest BCUT2D eigenvalue weighted by molar-refractivity contribution is 7.87. The van der Waals surface area contributed by atoms with Crippen LogP contribution >= 0.6 is 0 Å². The molecule has 1 atom stereocenters. The molecule has 2 heterocycles. The summed E-state index contributed by atoms with van der Waals surface area (Å²) in [5, 5.41) is 9.02. The molecule has 1 unspecified atom stereocenters. The average molecular weight is 328 g/mol. The number of carboxylic acids is 1. The van der Waals surface area contributed by atoms with Gasteiger partial charge in [0, 0.05) is 18.7 Å². The Morgan fingerprint density at radius 2 is 2.09 bits per heavy atom. The summed E-state index contributed by atoms with van der Waals surface area (Å²) in [4.78, 5) is 15.1. The van der Waals surface area contributed by atoms with E-state index in [1.807, 2.05) is 0 Å². The summed E-state index contributed by atoms with van der Waals surface area (Å²) >= 11 is 0. The molecule has 0 amide bonds. The van der Waals surface area contributed by atoms with Crippen molar-refractivity contribution >= 4 is 21.9 Å². The Balaban J connectivity index is 1.90. The van der Waals surface area contributed by atoms with Crippen molar-refractivity contribution in [3.63, 3.8) is 0 Å². The van der Waals surface area contributed by atoms with Gasteiger partial charge in [-0.1, -0.05) is 6.08 Å². The summed E-state index contributed by atoms with van der Waals surface area (Å²) in [6.45, 7) is 1.17. The maximum Gasteiger partial charge on any atom is 0.331 e. The first-order valence-electron chi connectivity index (χ1n) is 6.76. The highest BCUT2D eigenvalue weighted by Crippen LogP contribution is 2.30. The number of hydrogen-bond donors (Lipinski definition) is 2. The quantitative estimate of drug-likeness (QED) is 0.674. The lowest BCUT2D eigenvalue weighted by Gasteiger charge is -2.33. The van der Waals surface area contributed by atoms with Crippen LogP contribution in [-0.4, -0.2) is 66.4 Å². The third-order valence-corrected chi connectivity index (χ3v) is 5.58. The Morgan fingerprint density at radius 3 is 2.73 bits per heavy atom. The molecular weight excluding hydrogens is 312 g/mol. The molecule has 120 valence electrons. The SMILES string of the molecule is NC1N=C2C=C(C(=O)O)CC=C2N1S(=O)(=O)N1CCOCC1. The molecule has 0 radical (unpaired) electrons. The normalized spacial score (nSPS) is 26.1. The number of aliphatic carboxylic acids is 1. The van der Waals surface area contributed by atoms with Crippen molar-refractivity contribution in [3.05, 3.63) is 23.4 Å². The van der Waals surface area contributed by atoms with E-state index in [1.54, 1.807) is 0 Å². The fourth-order valence-corrected chi connectivity index (χ4v) is 4.16. The lowest BCUT2D eigenvalue weighted by molar-refractivity contribution is -0.132. The van der Waals surface area contributed by atoms with Crippen LogP contribution in [0.4, 0.5) is 0 Å². The molecule has 3 N–H and O–H groups in total. The predicted octanol–water partition coefficient (Wildman–Crippen LogP) is -1.14. The van der Waals surface area contributed by atoms with Crippen LogP contribution in [0.15, 0.2) is 28.4 Å². The highest BCUT2D eigenvalue weighted by atomic mass is 32.2. The van der Waals surface area contributed by atoms with Gasteiger partial charge in [0.25, 0.3) is 0 Å². The van der Waals surface area contributed by atoms with E-state index in [1.165, 1.54) is 16.5 Å². The van der Waals surface area contributed by atoms with E-state index in [0.717, 1.165) is 4.31 Å². The van der Waals surface area contributed by atoms with Crippen LogP contribution < -0.4 is 5.73 Å². The zero-order valence-corrected chi connectivity index (χ0v) is 12.5. The Morgan fingerprint density at radius 1 is 1.41 bits per heavy atom. The zero-order valence-electron chi connectivity index (χ0n) is 11.7. The number of carbonyl (C=O) groups is 1. The number of morpholine rings is 1. The van der Waals surface area contributed by atoms with Crippen LogP contribution in [0, 0.1) is 0 Å². The highest BCUT2D eigenvalue weighted by Gasteiger charge is 2.41. The van der Waals surface area contributed by atoms with E-state index >= 15 is 0 Å². The van der Waals surface area contributed by atoms with Crippen LogP contribution in [0.25, 0.3) is 0 Å². The molecule has 10 heteroatoms. The number of nitrogens with zero attached hydrogens (tertiary/aromatic N) is 3. The molecular formula is C12H16N4O5S. The minimum Gasteiger partial charge on any atom is -0.478 e. The fourth-order valence-electron chi connectivity index (χ4n) is 2.56. The van der Waals surface area contributed by atoms with Crippen molar-refractivity contribution in [2.45, 2.75) is 12.7 Å². The van der Waals surface area contributed by atoms with Crippen molar-refractivity contribution < 1.29 is 23.1 Å². The molecule has 0 aromatic heterocycles. The predicted molar refractivity (Wildman–Crippen MR) is 77.0 cm³/mol. The van der Waals surface area contributed by atoms with Crippen molar-refractivity contribution in [2.24, 2.45) is 10.7 Å². The van der Waals surface area contributed by atoms with E-state index in [9.17, 15) is 13.2 Å². The van der Waals surface area contributed by atoms with Crippen molar-refractivity contribution in [1.29, 1.82) is 0 Å². The first kappa shape index (κ1) is 15.2. The van der Waals surface area contributed by atoms with Crippen molar-refractivity contribution in [1.82, 2.24) is 8.61 Å². The van der Waals surface area contributed by atoms with Crippen molar-refractivity contribution in [2.75, 3.05) is 26.3 Å². The van der Waals surface area contributed by atoms with Gasteiger partial charge >= 0.3 is 16.2 Å². The molecule has 1 saturated heterocycles. The second-order valence-electron chi connectivity index (χ2n) is 5.01. The van der Waals surface area contributed by atoms with E-state index < -0.39 is 22.5 Å². The minimum atomic E-state index is -3.82. The van der Waals surface area contributed by atoms with Gasteiger partial charge in [-0.15, -0.1) is 0 Å². The van der Waals surface area contributed by atoms with Gasteiger partial charge in [-0.3, -0.25) is 5.73 Å². The van der Waals surface area contributed by atoms with Gasteiger partial charge < -0.3 is 9.84 Å². The van der Waals surface area contributed by atoms with E-state index in [-0.39, 0.29) is 30.8 Å². The number of aliphatic imine (C=N–C) groups is 1. The summed E-state index contributed by atoms with van der Waals surface area (Å²) in [6, 6.07) is 0. The maximum atomic E-state index is 12.7. The smallest absolute Gasteiger partial charge is 0.331 e. The molecule has 3 aliphatic rings. The van der Waals surface area contributed by atoms with Crippen LogP contribution in [0.3, 0.4) is 0 Å². The van der Waals surface area contributed by atoms with Gasteiger partial charge in [-0.2, -0.15) is 12.7 Å². The molecule has 0 bridgehead atoms. The van der Waals surface area contributed by atoms with Gasteiger partial charge in [0.15, 0.2) is 6.29 Å². The molecule has 1 fully saturated rings. The second kappa shape index (κ2) is 5.47. The van der Waals surface area contributed by atoms with Gasteiger partial charge in [0.1, 0.15) is 0 Å². The molecule has 9 nitrogen and oxygen atoms in total. The van der Waals surface area contributed by atoms with Gasteiger partial charge in [-0.05, 0) is 12.5 Å². The third-order valence-electron chi connectivity index (χ3n) is 3.66. The Kier molecular flexibility index (Phi) is 3.77. The topological polar surface area (TPSA) is 126 Å². The number of rotatable bonds is 3. The summed E-state index contributed by atoms with van der Waals surface area (Å²) in [5.41, 5.74) is 6.61. The van der Waals surface area contributed by atoms with Crippen LogP contribution in [0.2, 0.25) is 0 Å². The number of allylic oxidation sites excluding steroid dienone is 2. The average Bonchev–Trinajstić information content (AvgIpc) is 2.83. The first-order chi connectivity index (χ1) is 10.4. The standard InChI is InChI=1S/C12H16N4O5S/c13-12-14-9-7-8(11(17)18)1-2-10(9)16(12)22(19,20)15-3-5-21-6-4-15/h2,7,12H,1,3-6,13H2,(H,17,18). The van der Waals surface area contributed by atoms with Crippen LogP contribution in [-0.2, 0) is 19.7 Å². The van der Waals surface area contributed by atoms with Gasteiger partial charge in [-0.25, -0.2) is 14.1 Å². The minimum absolute atomic E-state index is 0.130. The number of fused-ring (bicyclic) bond motifs is 1. The summed E-state index contributed by atoms with van der Waals surface area (Å²) in [7, 11) is -3.82. The molecule has 0 saturated carbocycles. The Labute approximate surface area is 127 Å². The number of ether oxygens (including phenoxy) is 1. The molecule has 1 aliphatic carbocycles. The van der Waals surface area contributed by atoms with E-state index in [4.69, 9.17) is 15.6 Å². The summed E-state index contributed by atoms with van der Waals surface area (Å²) < 4.78 is 33.0. The fraction of sp³-hybridized carbons (Fsp3) is 0.500. The van der Waals surface area contributed by atoms with Crippen LogP contribution in [0.5, 0.6) is 0 Å². The lowest BCUT2D eigenvalue weighted by Crippen LogP contribution is -2.52.